The van der Waals surface area contributed by atoms with Crippen molar-refractivity contribution in [2.45, 2.75) is 51.7 Å². The van der Waals surface area contributed by atoms with E-state index in [0.717, 1.165) is 31.5 Å². The lowest BCUT2D eigenvalue weighted by atomic mass is 10.1. The van der Waals surface area contributed by atoms with E-state index in [-0.39, 0.29) is 0 Å². The molecule has 0 saturated carbocycles. The molecule has 3 heterocycles. The molecular weight excluding hydrogens is 260 g/mol. The summed E-state index contributed by atoms with van der Waals surface area (Å²) in [6.07, 6.45) is 5.92. The maximum absolute atomic E-state index is 4.71. The fourth-order valence-electron chi connectivity index (χ4n) is 3.61. The summed E-state index contributed by atoms with van der Waals surface area (Å²) in [5, 5.41) is 3.43. The van der Waals surface area contributed by atoms with E-state index in [0.29, 0.717) is 6.04 Å². The van der Waals surface area contributed by atoms with E-state index in [2.05, 4.69) is 41.1 Å². The average Bonchev–Trinajstić information content (AvgIpc) is 2.94. The molecule has 2 aliphatic heterocycles. The first-order chi connectivity index (χ1) is 10.3. The normalized spacial score (nSPS) is 26.1. The number of aromatic nitrogens is 1. The van der Waals surface area contributed by atoms with Gasteiger partial charge in [-0.3, -0.25) is 4.90 Å². The van der Waals surface area contributed by atoms with Crippen LogP contribution in [0.3, 0.4) is 0 Å². The van der Waals surface area contributed by atoms with Gasteiger partial charge in [0.05, 0.1) is 0 Å². The van der Waals surface area contributed by atoms with Crippen LogP contribution in [0.5, 0.6) is 0 Å². The second-order valence-corrected chi connectivity index (χ2v) is 6.49. The third-order valence-electron chi connectivity index (χ3n) is 4.80. The van der Waals surface area contributed by atoms with Crippen molar-refractivity contribution >= 4 is 5.82 Å². The topological polar surface area (TPSA) is 31.4 Å². The van der Waals surface area contributed by atoms with E-state index in [1.807, 2.05) is 6.20 Å². The molecule has 0 aliphatic carbocycles. The molecule has 0 spiro atoms. The largest absolute Gasteiger partial charge is 0.351 e. The van der Waals surface area contributed by atoms with Gasteiger partial charge in [0.15, 0.2) is 0 Å². The zero-order chi connectivity index (χ0) is 14.7. The lowest BCUT2D eigenvalue weighted by molar-refractivity contribution is 0.202. The molecule has 1 N–H and O–H groups in total. The van der Waals surface area contributed by atoms with Gasteiger partial charge in [0.1, 0.15) is 5.82 Å². The number of fused-ring (bicyclic) bond motifs is 1. The zero-order valence-electron chi connectivity index (χ0n) is 13.4. The summed E-state index contributed by atoms with van der Waals surface area (Å²) in [7, 11) is 0. The Bertz CT molecular complexity index is 445. The van der Waals surface area contributed by atoms with Crippen molar-refractivity contribution in [3.05, 3.63) is 23.9 Å². The minimum Gasteiger partial charge on any atom is -0.351 e. The lowest BCUT2D eigenvalue weighted by Gasteiger charge is -2.43. The molecule has 2 aliphatic rings. The number of hydrogen-bond donors (Lipinski definition) is 1. The molecule has 2 atom stereocenters. The highest BCUT2D eigenvalue weighted by atomic mass is 15.3. The predicted molar refractivity (Wildman–Crippen MR) is 87.6 cm³/mol. The van der Waals surface area contributed by atoms with E-state index in [9.17, 15) is 0 Å². The number of rotatable bonds is 5. The van der Waals surface area contributed by atoms with Crippen molar-refractivity contribution < 1.29 is 0 Å². The molecule has 0 bridgehead atoms. The average molecular weight is 288 g/mol. The van der Waals surface area contributed by atoms with Gasteiger partial charge in [0.25, 0.3) is 0 Å². The Labute approximate surface area is 128 Å². The first-order valence-electron chi connectivity index (χ1n) is 8.44. The van der Waals surface area contributed by atoms with Crippen LogP contribution < -0.4 is 10.2 Å². The van der Waals surface area contributed by atoms with E-state index in [1.54, 1.807) is 0 Å². The van der Waals surface area contributed by atoms with Gasteiger partial charge in [-0.25, -0.2) is 4.98 Å². The fourth-order valence-corrected chi connectivity index (χ4v) is 3.61. The predicted octanol–water partition coefficient (Wildman–Crippen LogP) is 2.25. The van der Waals surface area contributed by atoms with Crippen molar-refractivity contribution in [1.82, 2.24) is 15.2 Å². The lowest BCUT2D eigenvalue weighted by Crippen LogP contribution is -2.55. The smallest absolute Gasteiger partial charge is 0.128 e. The summed E-state index contributed by atoms with van der Waals surface area (Å²) in [6, 6.07) is 5.73. The molecule has 2 fully saturated rings. The Morgan fingerprint density at radius 3 is 3.00 bits per heavy atom. The maximum atomic E-state index is 4.71. The molecule has 1 aromatic heterocycles. The summed E-state index contributed by atoms with van der Waals surface area (Å²) < 4.78 is 0. The first kappa shape index (κ1) is 14.8. The molecule has 3 rings (SSSR count). The van der Waals surface area contributed by atoms with Gasteiger partial charge >= 0.3 is 0 Å². The third kappa shape index (κ3) is 3.38. The highest BCUT2D eigenvalue weighted by Crippen LogP contribution is 2.27. The molecule has 4 nitrogen and oxygen atoms in total. The monoisotopic (exact) mass is 288 g/mol. The SMILES string of the molecule is CCCNCc1ccc(N2CC3CCCN3CC2C)nc1. The van der Waals surface area contributed by atoms with Crippen LogP contribution in [-0.2, 0) is 6.54 Å². The summed E-state index contributed by atoms with van der Waals surface area (Å²) in [6.45, 7) is 10.1. The van der Waals surface area contributed by atoms with Crippen molar-refractivity contribution in [1.29, 1.82) is 0 Å². The second kappa shape index (κ2) is 6.75. The minimum atomic E-state index is 0.566. The Kier molecular flexibility index (Phi) is 4.76. The number of nitrogens with one attached hydrogen (secondary N) is 1. The van der Waals surface area contributed by atoms with Gasteiger partial charge in [-0.1, -0.05) is 13.0 Å². The van der Waals surface area contributed by atoms with Crippen LogP contribution in [0.2, 0.25) is 0 Å². The van der Waals surface area contributed by atoms with E-state index >= 15 is 0 Å². The van der Waals surface area contributed by atoms with Crippen LogP contribution in [0.4, 0.5) is 5.82 Å². The standard InChI is InChI=1S/C17H28N4/c1-3-8-18-10-15-6-7-17(19-11-15)21-13-16-5-4-9-20(16)12-14(21)2/h6-7,11,14,16,18H,3-5,8-10,12-13H2,1-2H3. The minimum absolute atomic E-state index is 0.566. The Morgan fingerprint density at radius 2 is 2.24 bits per heavy atom. The molecule has 2 saturated heterocycles. The molecule has 4 heteroatoms. The molecule has 0 amide bonds. The molecule has 116 valence electrons. The van der Waals surface area contributed by atoms with Crippen molar-refractivity contribution in [2.75, 3.05) is 31.1 Å². The highest BCUT2D eigenvalue weighted by molar-refractivity contribution is 5.41. The van der Waals surface area contributed by atoms with Crippen LogP contribution in [0.1, 0.15) is 38.7 Å². The number of hydrogen-bond acceptors (Lipinski definition) is 4. The number of pyridine rings is 1. The third-order valence-corrected chi connectivity index (χ3v) is 4.80. The summed E-state index contributed by atoms with van der Waals surface area (Å²) in [5.41, 5.74) is 1.28. The molecule has 2 unspecified atom stereocenters. The van der Waals surface area contributed by atoms with Gasteiger partial charge in [-0.15, -0.1) is 0 Å². The Balaban J connectivity index is 1.63. The molecular formula is C17H28N4. The number of anilines is 1. The quantitative estimate of drug-likeness (QED) is 0.842. The van der Waals surface area contributed by atoms with Crippen LogP contribution in [0, 0.1) is 0 Å². The Morgan fingerprint density at radius 1 is 1.33 bits per heavy atom. The molecule has 0 radical (unpaired) electrons. The summed E-state index contributed by atoms with van der Waals surface area (Å²) >= 11 is 0. The summed E-state index contributed by atoms with van der Waals surface area (Å²) in [4.78, 5) is 9.87. The van der Waals surface area contributed by atoms with Gasteiger partial charge in [-0.2, -0.15) is 0 Å². The zero-order valence-corrected chi connectivity index (χ0v) is 13.4. The van der Waals surface area contributed by atoms with E-state index < -0.39 is 0 Å². The van der Waals surface area contributed by atoms with Crippen LogP contribution in [0.25, 0.3) is 0 Å². The van der Waals surface area contributed by atoms with E-state index in [1.165, 1.54) is 37.9 Å². The van der Waals surface area contributed by atoms with Gasteiger partial charge < -0.3 is 10.2 Å². The van der Waals surface area contributed by atoms with Crippen LogP contribution >= 0.6 is 0 Å². The van der Waals surface area contributed by atoms with Crippen LogP contribution in [-0.4, -0.2) is 48.1 Å². The first-order valence-corrected chi connectivity index (χ1v) is 8.44. The highest BCUT2D eigenvalue weighted by Gasteiger charge is 2.34. The van der Waals surface area contributed by atoms with Gasteiger partial charge in [-0.05, 0) is 50.9 Å². The molecule has 21 heavy (non-hydrogen) atoms. The van der Waals surface area contributed by atoms with Crippen molar-refractivity contribution in [3.63, 3.8) is 0 Å². The second-order valence-electron chi connectivity index (χ2n) is 6.49. The van der Waals surface area contributed by atoms with Gasteiger partial charge in [0.2, 0.25) is 0 Å². The molecule has 0 aromatic carbocycles. The van der Waals surface area contributed by atoms with Crippen LogP contribution in [0.15, 0.2) is 18.3 Å². The maximum Gasteiger partial charge on any atom is 0.128 e. The number of piperazine rings is 1. The molecule has 1 aromatic rings. The summed E-state index contributed by atoms with van der Waals surface area (Å²) in [5.74, 6) is 1.15. The fraction of sp³-hybridized carbons (Fsp3) is 0.706. The number of nitrogens with zero attached hydrogens (tertiary/aromatic N) is 3. The van der Waals surface area contributed by atoms with Crippen molar-refractivity contribution in [2.24, 2.45) is 0 Å². The van der Waals surface area contributed by atoms with Crippen molar-refractivity contribution in [3.8, 4) is 0 Å². The van der Waals surface area contributed by atoms with E-state index in [4.69, 9.17) is 4.98 Å². The van der Waals surface area contributed by atoms with Gasteiger partial charge in [0, 0.05) is 37.9 Å². The Hall–Kier alpha value is -1.13.